The zero-order valence-corrected chi connectivity index (χ0v) is 14.6. The van der Waals surface area contributed by atoms with Crippen molar-refractivity contribution in [2.24, 2.45) is 0 Å². The number of aromatic nitrogens is 4. The number of nitrogens with zero attached hydrogens (tertiary/aromatic N) is 5. The summed E-state index contributed by atoms with van der Waals surface area (Å²) in [6.07, 6.45) is 4.31. The summed E-state index contributed by atoms with van der Waals surface area (Å²) >= 11 is 0. The molecule has 0 atom stereocenters. The number of rotatable bonds is 8. The van der Waals surface area contributed by atoms with E-state index in [0.717, 1.165) is 49.5 Å². The smallest absolute Gasteiger partial charge is 0.168 e. The fourth-order valence-electron chi connectivity index (χ4n) is 2.81. The van der Waals surface area contributed by atoms with Crippen LogP contribution in [0.15, 0.2) is 36.8 Å². The molecule has 0 aliphatic carbocycles. The van der Waals surface area contributed by atoms with Gasteiger partial charge in [0.25, 0.3) is 0 Å². The molecule has 25 heavy (non-hydrogen) atoms. The van der Waals surface area contributed by atoms with Crippen molar-refractivity contribution in [2.45, 2.75) is 20.3 Å². The Hall–Kier alpha value is -2.54. The molecule has 0 aliphatic heterocycles. The van der Waals surface area contributed by atoms with Gasteiger partial charge in [0, 0.05) is 6.54 Å². The summed E-state index contributed by atoms with van der Waals surface area (Å²) in [5, 5.41) is 8.61. The Morgan fingerprint density at radius 3 is 2.60 bits per heavy atom. The van der Waals surface area contributed by atoms with Crippen LogP contribution >= 0.6 is 0 Å². The second-order valence-corrected chi connectivity index (χ2v) is 5.80. The highest BCUT2D eigenvalue weighted by atomic mass is 19.1. The molecule has 0 spiro atoms. The molecule has 0 saturated heterocycles. The fraction of sp³-hybridized carbons (Fsp3) is 0.389. The van der Waals surface area contributed by atoms with Crippen molar-refractivity contribution in [2.75, 3.05) is 31.5 Å². The molecule has 1 aromatic carbocycles. The lowest BCUT2D eigenvalue weighted by molar-refractivity contribution is 0.303. The highest BCUT2D eigenvalue weighted by Gasteiger charge is 2.11. The van der Waals surface area contributed by atoms with Crippen LogP contribution in [0, 0.1) is 5.82 Å². The molecule has 0 amide bonds. The maximum atomic E-state index is 13.1. The number of anilines is 1. The van der Waals surface area contributed by atoms with Gasteiger partial charge >= 0.3 is 0 Å². The second-order valence-electron chi connectivity index (χ2n) is 5.80. The van der Waals surface area contributed by atoms with Gasteiger partial charge in [-0.05, 0) is 50.3 Å². The third-order valence-electron chi connectivity index (χ3n) is 4.27. The lowest BCUT2D eigenvalue weighted by Crippen LogP contribution is -2.25. The summed E-state index contributed by atoms with van der Waals surface area (Å²) in [6, 6.07) is 6.19. The predicted molar refractivity (Wildman–Crippen MR) is 97.5 cm³/mol. The van der Waals surface area contributed by atoms with Crippen molar-refractivity contribution in [1.82, 2.24) is 24.6 Å². The lowest BCUT2D eigenvalue weighted by Gasteiger charge is -2.17. The largest absolute Gasteiger partial charge is 0.369 e. The molecule has 2 heterocycles. The molecule has 132 valence electrons. The van der Waals surface area contributed by atoms with Crippen LogP contribution in [0.1, 0.15) is 20.3 Å². The van der Waals surface area contributed by atoms with Crippen LogP contribution in [0.2, 0.25) is 0 Å². The van der Waals surface area contributed by atoms with E-state index < -0.39 is 0 Å². The maximum Gasteiger partial charge on any atom is 0.168 e. The Balaban J connectivity index is 1.74. The number of fused-ring (bicyclic) bond motifs is 1. The average Bonchev–Trinajstić information content (AvgIpc) is 3.07. The van der Waals surface area contributed by atoms with Crippen molar-refractivity contribution in [3.8, 4) is 5.69 Å². The normalized spacial score (nSPS) is 11.4. The van der Waals surface area contributed by atoms with E-state index in [1.165, 1.54) is 18.5 Å². The summed E-state index contributed by atoms with van der Waals surface area (Å²) < 4.78 is 14.8. The first-order valence-electron chi connectivity index (χ1n) is 8.63. The molecule has 0 radical (unpaired) electrons. The third-order valence-corrected chi connectivity index (χ3v) is 4.27. The molecule has 7 heteroatoms. The Morgan fingerprint density at radius 1 is 1.12 bits per heavy atom. The van der Waals surface area contributed by atoms with Crippen molar-refractivity contribution in [1.29, 1.82) is 0 Å². The van der Waals surface area contributed by atoms with Crippen molar-refractivity contribution in [3.63, 3.8) is 0 Å². The zero-order valence-electron chi connectivity index (χ0n) is 14.6. The van der Waals surface area contributed by atoms with E-state index in [0.29, 0.717) is 5.65 Å². The SMILES string of the molecule is CCN(CC)CCCNc1ncnc2c1cnn2-c1ccc(F)cc1. The molecular formula is C18H23FN6. The summed E-state index contributed by atoms with van der Waals surface area (Å²) in [5.74, 6) is 0.503. The minimum atomic E-state index is -0.273. The van der Waals surface area contributed by atoms with Gasteiger partial charge in [0.05, 0.1) is 17.3 Å². The van der Waals surface area contributed by atoms with Gasteiger partial charge in [-0.3, -0.25) is 0 Å². The quantitative estimate of drug-likeness (QED) is 0.638. The summed E-state index contributed by atoms with van der Waals surface area (Å²) in [4.78, 5) is 11.1. The molecule has 3 rings (SSSR count). The number of hydrogen-bond donors (Lipinski definition) is 1. The van der Waals surface area contributed by atoms with Gasteiger partial charge in [-0.2, -0.15) is 5.10 Å². The Labute approximate surface area is 146 Å². The zero-order chi connectivity index (χ0) is 17.6. The van der Waals surface area contributed by atoms with Crippen molar-refractivity contribution >= 4 is 16.9 Å². The number of hydrogen-bond acceptors (Lipinski definition) is 5. The first-order valence-corrected chi connectivity index (χ1v) is 8.63. The standard InChI is InChI=1S/C18H23FN6/c1-3-24(4-2)11-5-10-20-17-16-12-23-25(18(16)22-13-21-17)15-8-6-14(19)7-9-15/h6-9,12-13H,3-5,10-11H2,1-2H3,(H,20,21,22). The average molecular weight is 342 g/mol. The van der Waals surface area contributed by atoms with Gasteiger partial charge < -0.3 is 10.2 Å². The monoisotopic (exact) mass is 342 g/mol. The van der Waals surface area contributed by atoms with E-state index in [1.54, 1.807) is 23.0 Å². The van der Waals surface area contributed by atoms with Gasteiger partial charge in [0.15, 0.2) is 5.65 Å². The molecule has 0 unspecified atom stereocenters. The minimum absolute atomic E-state index is 0.273. The van der Waals surface area contributed by atoms with Crippen LogP contribution in [0.5, 0.6) is 0 Å². The summed E-state index contributed by atoms with van der Waals surface area (Å²) in [5.41, 5.74) is 1.47. The highest BCUT2D eigenvalue weighted by molar-refractivity contribution is 5.87. The molecule has 6 nitrogen and oxygen atoms in total. The van der Waals surface area contributed by atoms with E-state index in [1.807, 2.05) is 0 Å². The minimum Gasteiger partial charge on any atom is -0.369 e. The first-order chi connectivity index (χ1) is 12.2. The Kier molecular flexibility index (Phi) is 5.55. The molecule has 2 aromatic heterocycles. The Morgan fingerprint density at radius 2 is 1.88 bits per heavy atom. The van der Waals surface area contributed by atoms with Gasteiger partial charge in [0.1, 0.15) is 18.0 Å². The highest BCUT2D eigenvalue weighted by Crippen LogP contribution is 2.21. The van der Waals surface area contributed by atoms with Gasteiger partial charge in [-0.15, -0.1) is 0 Å². The van der Waals surface area contributed by atoms with Crippen LogP contribution in [-0.4, -0.2) is 50.8 Å². The van der Waals surface area contributed by atoms with Gasteiger partial charge in [-0.1, -0.05) is 13.8 Å². The number of benzene rings is 1. The molecular weight excluding hydrogens is 319 g/mol. The van der Waals surface area contributed by atoms with Crippen molar-refractivity contribution in [3.05, 3.63) is 42.6 Å². The van der Waals surface area contributed by atoms with E-state index in [4.69, 9.17) is 0 Å². The second kappa shape index (κ2) is 8.02. The fourth-order valence-corrected chi connectivity index (χ4v) is 2.81. The van der Waals surface area contributed by atoms with Gasteiger partial charge in [0.2, 0.25) is 0 Å². The van der Waals surface area contributed by atoms with Crippen LogP contribution in [-0.2, 0) is 0 Å². The molecule has 0 saturated carbocycles. The number of halogens is 1. The predicted octanol–water partition coefficient (Wildman–Crippen LogP) is 3.10. The number of nitrogens with one attached hydrogen (secondary N) is 1. The molecule has 3 aromatic rings. The first kappa shape index (κ1) is 17.3. The molecule has 0 aliphatic rings. The van der Waals surface area contributed by atoms with Crippen molar-refractivity contribution < 1.29 is 4.39 Å². The van der Waals surface area contributed by atoms with E-state index in [2.05, 4.69) is 39.1 Å². The van der Waals surface area contributed by atoms with Crippen LogP contribution in [0.25, 0.3) is 16.7 Å². The van der Waals surface area contributed by atoms with E-state index in [9.17, 15) is 4.39 Å². The maximum absolute atomic E-state index is 13.1. The summed E-state index contributed by atoms with van der Waals surface area (Å²) in [6.45, 7) is 8.38. The van der Waals surface area contributed by atoms with Crippen LogP contribution < -0.4 is 5.32 Å². The molecule has 0 fully saturated rings. The van der Waals surface area contributed by atoms with E-state index in [-0.39, 0.29) is 5.82 Å². The lowest BCUT2D eigenvalue weighted by atomic mass is 10.3. The molecule has 0 bridgehead atoms. The topological polar surface area (TPSA) is 58.9 Å². The van der Waals surface area contributed by atoms with Crippen LogP contribution in [0.3, 0.4) is 0 Å². The van der Waals surface area contributed by atoms with Gasteiger partial charge in [-0.25, -0.2) is 19.0 Å². The van der Waals surface area contributed by atoms with E-state index >= 15 is 0 Å². The third kappa shape index (κ3) is 3.93. The van der Waals surface area contributed by atoms with Crippen LogP contribution in [0.4, 0.5) is 10.2 Å². The molecule has 1 N–H and O–H groups in total. The summed E-state index contributed by atoms with van der Waals surface area (Å²) in [7, 11) is 0. The Bertz CT molecular complexity index is 810.